The zero-order valence-corrected chi connectivity index (χ0v) is 16.1. The van der Waals surface area contributed by atoms with Crippen LogP contribution < -0.4 is 27.4 Å². The summed E-state index contributed by atoms with van der Waals surface area (Å²) in [5, 5.41) is 15.5. The Morgan fingerprint density at radius 3 is 2.00 bits per heavy atom. The third-order valence-corrected chi connectivity index (χ3v) is 3.72. The van der Waals surface area contributed by atoms with E-state index < -0.39 is 60.7 Å². The highest BCUT2D eigenvalue weighted by atomic mass is 32.1. The van der Waals surface area contributed by atoms with Gasteiger partial charge >= 0.3 is 5.97 Å². The third kappa shape index (κ3) is 10.4. The van der Waals surface area contributed by atoms with E-state index in [1.807, 2.05) is 13.8 Å². The zero-order valence-electron chi connectivity index (χ0n) is 15.2. The van der Waals surface area contributed by atoms with Gasteiger partial charge in [-0.1, -0.05) is 13.8 Å². The lowest BCUT2D eigenvalue weighted by molar-refractivity contribution is -0.138. The molecule has 0 rings (SSSR count). The van der Waals surface area contributed by atoms with Crippen molar-refractivity contribution in [2.24, 2.45) is 17.4 Å². The Morgan fingerprint density at radius 2 is 1.56 bits per heavy atom. The molecule has 11 nitrogen and oxygen atoms in total. The van der Waals surface area contributed by atoms with Crippen molar-refractivity contribution in [2.75, 3.05) is 12.3 Å². The van der Waals surface area contributed by atoms with E-state index in [-0.39, 0.29) is 18.1 Å². The maximum absolute atomic E-state index is 12.5. The standard InChI is InChI=1S/C15H27N5O6S/c1-7(2)3-9(19-13(24)8(16)6-27)15(26)20-10(4-11(17)21)14(25)18-5-12(22)23/h7-10,27H,3-6,16H2,1-2H3,(H2,17,21)(H,18,25)(H,19,24)(H,20,26)(H,22,23). The molecule has 0 fully saturated rings. The fourth-order valence-electron chi connectivity index (χ4n) is 2.03. The maximum Gasteiger partial charge on any atom is 0.322 e. The van der Waals surface area contributed by atoms with Gasteiger partial charge < -0.3 is 32.5 Å². The first-order valence-electron chi connectivity index (χ1n) is 8.22. The molecule has 12 heteroatoms. The van der Waals surface area contributed by atoms with E-state index in [9.17, 15) is 24.0 Å². The average Bonchev–Trinajstić information content (AvgIpc) is 2.56. The van der Waals surface area contributed by atoms with Gasteiger partial charge in [0.15, 0.2) is 0 Å². The maximum atomic E-state index is 12.5. The molecule has 0 aromatic carbocycles. The van der Waals surface area contributed by atoms with Crippen molar-refractivity contribution in [2.45, 2.75) is 44.8 Å². The lowest BCUT2D eigenvalue weighted by Crippen LogP contribution is -2.57. The van der Waals surface area contributed by atoms with Crippen LogP contribution in [0.2, 0.25) is 0 Å². The Balaban J connectivity index is 5.21. The molecule has 27 heavy (non-hydrogen) atoms. The van der Waals surface area contributed by atoms with Crippen LogP contribution in [0.1, 0.15) is 26.7 Å². The van der Waals surface area contributed by atoms with E-state index in [2.05, 4.69) is 28.6 Å². The zero-order chi connectivity index (χ0) is 21.1. The Morgan fingerprint density at radius 1 is 1.00 bits per heavy atom. The molecule has 0 aromatic rings. The number of aliphatic carboxylic acids is 1. The molecule has 4 amide bonds. The van der Waals surface area contributed by atoms with E-state index in [0.717, 1.165) is 0 Å². The molecule has 0 spiro atoms. The van der Waals surface area contributed by atoms with Gasteiger partial charge in [-0.3, -0.25) is 24.0 Å². The second-order valence-corrected chi connectivity index (χ2v) is 6.69. The third-order valence-electron chi connectivity index (χ3n) is 3.33. The van der Waals surface area contributed by atoms with Crippen LogP contribution in [0.15, 0.2) is 0 Å². The number of hydrogen-bond acceptors (Lipinski definition) is 7. The van der Waals surface area contributed by atoms with Crippen LogP contribution in [0, 0.1) is 5.92 Å². The first kappa shape index (κ1) is 24.7. The number of rotatable bonds is 12. The SMILES string of the molecule is CC(C)CC(NC(=O)C(N)CS)C(=O)NC(CC(N)=O)C(=O)NCC(=O)O. The lowest BCUT2D eigenvalue weighted by Gasteiger charge is -2.24. The molecular weight excluding hydrogens is 378 g/mol. The fourth-order valence-corrected chi connectivity index (χ4v) is 2.20. The first-order chi connectivity index (χ1) is 12.5. The molecule has 3 atom stereocenters. The van der Waals surface area contributed by atoms with Crippen LogP contribution in [0.5, 0.6) is 0 Å². The molecular formula is C15H27N5O6S. The van der Waals surface area contributed by atoms with Crippen LogP contribution in [0.4, 0.5) is 0 Å². The molecule has 0 radical (unpaired) electrons. The van der Waals surface area contributed by atoms with E-state index in [1.54, 1.807) is 0 Å². The largest absolute Gasteiger partial charge is 0.480 e. The number of carboxylic acids is 1. The van der Waals surface area contributed by atoms with Gasteiger partial charge in [0, 0.05) is 5.75 Å². The van der Waals surface area contributed by atoms with Crippen molar-refractivity contribution in [1.29, 1.82) is 0 Å². The van der Waals surface area contributed by atoms with Crippen LogP contribution in [-0.4, -0.2) is 65.1 Å². The number of carbonyl (C=O) groups is 5. The minimum atomic E-state index is -1.38. The van der Waals surface area contributed by atoms with Crippen molar-refractivity contribution in [1.82, 2.24) is 16.0 Å². The number of carboxylic acid groups (broad SMARTS) is 1. The van der Waals surface area contributed by atoms with Gasteiger partial charge in [0.25, 0.3) is 0 Å². The number of nitrogens with one attached hydrogen (secondary N) is 3. The first-order valence-corrected chi connectivity index (χ1v) is 8.86. The predicted octanol–water partition coefficient (Wildman–Crippen LogP) is -2.66. The van der Waals surface area contributed by atoms with Crippen LogP contribution in [0.25, 0.3) is 0 Å². The molecule has 0 heterocycles. The molecule has 0 aliphatic rings. The summed E-state index contributed by atoms with van der Waals surface area (Å²) >= 11 is 3.92. The number of thiol groups is 1. The van der Waals surface area contributed by atoms with Gasteiger partial charge in [-0.05, 0) is 12.3 Å². The summed E-state index contributed by atoms with van der Waals surface area (Å²) in [6, 6.07) is -3.30. The van der Waals surface area contributed by atoms with E-state index >= 15 is 0 Å². The Bertz CT molecular complexity index is 571. The van der Waals surface area contributed by atoms with Crippen molar-refractivity contribution < 1.29 is 29.1 Å². The molecule has 0 saturated heterocycles. The monoisotopic (exact) mass is 405 g/mol. The topological polar surface area (TPSA) is 194 Å². The van der Waals surface area contributed by atoms with Gasteiger partial charge in [-0.15, -0.1) is 0 Å². The lowest BCUT2D eigenvalue weighted by atomic mass is 10.0. The summed E-state index contributed by atoms with van der Waals surface area (Å²) < 4.78 is 0. The van der Waals surface area contributed by atoms with Gasteiger partial charge in [0.05, 0.1) is 12.5 Å². The van der Waals surface area contributed by atoms with Crippen LogP contribution in [-0.2, 0) is 24.0 Å². The van der Waals surface area contributed by atoms with Crippen LogP contribution in [0.3, 0.4) is 0 Å². The van der Waals surface area contributed by atoms with Gasteiger partial charge in [0.2, 0.25) is 23.6 Å². The molecule has 0 bridgehead atoms. The summed E-state index contributed by atoms with van der Waals surface area (Å²) in [6.45, 7) is 2.96. The predicted molar refractivity (Wildman–Crippen MR) is 99.6 cm³/mol. The molecule has 0 aliphatic heterocycles. The summed E-state index contributed by atoms with van der Waals surface area (Å²) in [6.07, 6.45) is -0.285. The number of primary amides is 1. The molecule has 0 aliphatic carbocycles. The summed E-state index contributed by atoms with van der Waals surface area (Å²) in [5.41, 5.74) is 10.7. The number of amides is 4. The molecule has 0 saturated carbocycles. The van der Waals surface area contributed by atoms with E-state index in [1.165, 1.54) is 0 Å². The highest BCUT2D eigenvalue weighted by molar-refractivity contribution is 7.80. The van der Waals surface area contributed by atoms with Gasteiger partial charge in [-0.2, -0.15) is 12.6 Å². The number of hydrogen-bond donors (Lipinski definition) is 7. The summed E-state index contributed by atoms with van der Waals surface area (Å²) in [7, 11) is 0. The highest BCUT2D eigenvalue weighted by Gasteiger charge is 2.29. The second kappa shape index (κ2) is 12.1. The minimum absolute atomic E-state index is 0.0173. The number of carbonyl (C=O) groups excluding carboxylic acids is 4. The Labute approximate surface area is 162 Å². The highest BCUT2D eigenvalue weighted by Crippen LogP contribution is 2.06. The average molecular weight is 405 g/mol. The number of nitrogens with two attached hydrogens (primary N) is 2. The van der Waals surface area contributed by atoms with Crippen molar-refractivity contribution in [3.05, 3.63) is 0 Å². The molecule has 8 N–H and O–H groups in total. The van der Waals surface area contributed by atoms with Gasteiger partial charge in [-0.25, -0.2) is 0 Å². The molecule has 154 valence electrons. The summed E-state index contributed by atoms with van der Waals surface area (Å²) in [5.74, 6) is -4.27. The molecule has 0 aromatic heterocycles. The molecule has 3 unspecified atom stereocenters. The minimum Gasteiger partial charge on any atom is -0.480 e. The Kier molecular flexibility index (Phi) is 11.1. The second-order valence-electron chi connectivity index (χ2n) is 6.32. The van der Waals surface area contributed by atoms with Crippen molar-refractivity contribution in [3.8, 4) is 0 Å². The van der Waals surface area contributed by atoms with E-state index in [0.29, 0.717) is 0 Å². The summed E-state index contributed by atoms with van der Waals surface area (Å²) in [4.78, 5) is 58.2. The Hall–Kier alpha value is -2.34. The van der Waals surface area contributed by atoms with E-state index in [4.69, 9.17) is 16.6 Å². The van der Waals surface area contributed by atoms with Crippen LogP contribution >= 0.6 is 12.6 Å². The smallest absolute Gasteiger partial charge is 0.322 e. The van der Waals surface area contributed by atoms with Crippen molar-refractivity contribution >= 4 is 42.2 Å². The quantitative estimate of drug-likeness (QED) is 0.172. The fraction of sp³-hybridized carbons (Fsp3) is 0.667. The van der Waals surface area contributed by atoms with Crippen molar-refractivity contribution in [3.63, 3.8) is 0 Å². The normalized spacial score (nSPS) is 14.0. The van der Waals surface area contributed by atoms with Gasteiger partial charge in [0.1, 0.15) is 18.6 Å².